The molecular formula is C15H14BrN3S. The molecule has 20 heavy (non-hydrogen) atoms. The number of nitrogens with zero attached hydrogens (tertiary/aromatic N) is 1. The maximum atomic E-state index is 6.03. The summed E-state index contributed by atoms with van der Waals surface area (Å²) in [5.74, 6) is 0. The van der Waals surface area contributed by atoms with Gasteiger partial charge in [-0.05, 0) is 63.4 Å². The van der Waals surface area contributed by atoms with Gasteiger partial charge < -0.3 is 11.1 Å². The molecule has 0 aliphatic rings. The Bertz CT molecular complexity index is 740. The van der Waals surface area contributed by atoms with Gasteiger partial charge in [0.2, 0.25) is 0 Å². The third kappa shape index (κ3) is 2.51. The Balaban J connectivity index is 2.02. The largest absolute Gasteiger partial charge is 0.398 e. The normalized spacial score (nSPS) is 12.5. The monoisotopic (exact) mass is 347 g/mol. The van der Waals surface area contributed by atoms with Crippen LogP contribution in [0.4, 0.5) is 11.4 Å². The molecule has 0 saturated heterocycles. The van der Waals surface area contributed by atoms with Crippen molar-refractivity contribution < 1.29 is 0 Å². The number of anilines is 2. The van der Waals surface area contributed by atoms with Crippen molar-refractivity contribution in [3.05, 3.63) is 51.3 Å². The van der Waals surface area contributed by atoms with Crippen molar-refractivity contribution in [3.63, 3.8) is 0 Å². The van der Waals surface area contributed by atoms with Crippen LogP contribution >= 0.6 is 27.3 Å². The average molecular weight is 348 g/mol. The fourth-order valence-corrected chi connectivity index (χ4v) is 3.26. The second kappa shape index (κ2) is 5.42. The topological polar surface area (TPSA) is 50.9 Å². The highest BCUT2D eigenvalue weighted by Gasteiger charge is 2.10. The first kappa shape index (κ1) is 13.4. The first-order chi connectivity index (χ1) is 9.65. The number of aromatic nitrogens is 1. The molecule has 2 aromatic heterocycles. The van der Waals surface area contributed by atoms with Crippen LogP contribution in [0.3, 0.4) is 0 Å². The first-order valence-electron chi connectivity index (χ1n) is 6.27. The lowest BCUT2D eigenvalue weighted by Gasteiger charge is -2.16. The van der Waals surface area contributed by atoms with E-state index in [0.29, 0.717) is 0 Å². The zero-order valence-electron chi connectivity index (χ0n) is 10.9. The van der Waals surface area contributed by atoms with Crippen LogP contribution in [-0.2, 0) is 0 Å². The standard InChI is InChI=1S/C15H14BrN3S/c1-9(10-4-5-20-8-10)19-14-3-2-13(17)12-6-11(16)7-18-15(12)14/h2-9,19H,17H2,1H3. The summed E-state index contributed by atoms with van der Waals surface area (Å²) >= 11 is 5.14. The summed E-state index contributed by atoms with van der Waals surface area (Å²) in [4.78, 5) is 4.49. The molecule has 0 fully saturated rings. The Kier molecular flexibility index (Phi) is 3.63. The van der Waals surface area contributed by atoms with E-state index in [-0.39, 0.29) is 6.04 Å². The van der Waals surface area contributed by atoms with Gasteiger partial charge in [-0.15, -0.1) is 0 Å². The Hall–Kier alpha value is -1.59. The number of fused-ring (bicyclic) bond motifs is 1. The molecule has 3 N–H and O–H groups in total. The molecule has 102 valence electrons. The smallest absolute Gasteiger partial charge is 0.0954 e. The van der Waals surface area contributed by atoms with Crippen molar-refractivity contribution in [2.45, 2.75) is 13.0 Å². The van der Waals surface area contributed by atoms with Crippen LogP contribution in [0.1, 0.15) is 18.5 Å². The zero-order chi connectivity index (χ0) is 14.1. The summed E-state index contributed by atoms with van der Waals surface area (Å²) < 4.78 is 0.930. The highest BCUT2D eigenvalue weighted by Crippen LogP contribution is 2.31. The number of benzene rings is 1. The van der Waals surface area contributed by atoms with Gasteiger partial charge in [0, 0.05) is 27.8 Å². The number of nitrogen functional groups attached to an aromatic ring is 1. The molecule has 2 heterocycles. The van der Waals surface area contributed by atoms with Gasteiger partial charge in [-0.25, -0.2) is 0 Å². The molecule has 0 amide bonds. The highest BCUT2D eigenvalue weighted by molar-refractivity contribution is 9.10. The molecule has 5 heteroatoms. The van der Waals surface area contributed by atoms with Crippen molar-refractivity contribution in [2.24, 2.45) is 0 Å². The van der Waals surface area contributed by atoms with Gasteiger partial charge in [0.1, 0.15) is 0 Å². The lowest BCUT2D eigenvalue weighted by molar-refractivity contribution is 0.892. The van der Waals surface area contributed by atoms with E-state index < -0.39 is 0 Å². The van der Waals surface area contributed by atoms with E-state index in [4.69, 9.17) is 5.73 Å². The number of nitrogens with two attached hydrogens (primary N) is 1. The zero-order valence-corrected chi connectivity index (χ0v) is 13.3. The van der Waals surface area contributed by atoms with Crippen LogP contribution in [0.15, 0.2) is 45.7 Å². The van der Waals surface area contributed by atoms with E-state index in [1.165, 1.54) is 5.56 Å². The maximum absolute atomic E-state index is 6.03. The molecule has 0 aliphatic heterocycles. The number of hydrogen-bond donors (Lipinski definition) is 2. The van der Waals surface area contributed by atoms with Crippen molar-refractivity contribution in [3.8, 4) is 0 Å². The van der Waals surface area contributed by atoms with E-state index in [0.717, 1.165) is 26.8 Å². The minimum atomic E-state index is 0.235. The number of halogens is 1. The van der Waals surface area contributed by atoms with Gasteiger partial charge in [-0.3, -0.25) is 4.98 Å². The summed E-state index contributed by atoms with van der Waals surface area (Å²) in [6.45, 7) is 2.14. The van der Waals surface area contributed by atoms with E-state index in [2.05, 4.69) is 50.0 Å². The number of nitrogens with one attached hydrogen (secondary N) is 1. The third-order valence-electron chi connectivity index (χ3n) is 3.27. The fraction of sp³-hybridized carbons (Fsp3) is 0.133. The molecule has 1 aromatic carbocycles. The number of pyridine rings is 1. The summed E-state index contributed by atoms with van der Waals surface area (Å²) in [5.41, 5.74) is 9.94. The quantitative estimate of drug-likeness (QED) is 0.668. The number of rotatable bonds is 3. The van der Waals surface area contributed by atoms with E-state index in [9.17, 15) is 0 Å². The van der Waals surface area contributed by atoms with Gasteiger partial charge in [-0.2, -0.15) is 11.3 Å². The first-order valence-corrected chi connectivity index (χ1v) is 8.01. The average Bonchev–Trinajstić information content (AvgIpc) is 2.96. The molecule has 3 aromatic rings. The molecule has 0 spiro atoms. The van der Waals surface area contributed by atoms with Gasteiger partial charge in [-0.1, -0.05) is 0 Å². The molecular weight excluding hydrogens is 334 g/mol. The molecule has 0 aliphatic carbocycles. The Morgan fingerprint density at radius 1 is 1.35 bits per heavy atom. The SMILES string of the molecule is CC(Nc1ccc(N)c2cc(Br)cnc12)c1ccsc1. The lowest BCUT2D eigenvalue weighted by Crippen LogP contribution is -2.06. The van der Waals surface area contributed by atoms with Crippen LogP contribution in [-0.4, -0.2) is 4.98 Å². The lowest BCUT2D eigenvalue weighted by atomic mass is 10.1. The van der Waals surface area contributed by atoms with E-state index in [1.807, 2.05) is 18.2 Å². The van der Waals surface area contributed by atoms with Gasteiger partial charge in [0.05, 0.1) is 11.2 Å². The Morgan fingerprint density at radius 2 is 2.20 bits per heavy atom. The van der Waals surface area contributed by atoms with Gasteiger partial charge in [0.25, 0.3) is 0 Å². The molecule has 3 nitrogen and oxygen atoms in total. The van der Waals surface area contributed by atoms with Gasteiger partial charge in [0.15, 0.2) is 0 Å². The molecule has 1 unspecified atom stereocenters. The van der Waals surface area contributed by atoms with Crippen LogP contribution in [0.5, 0.6) is 0 Å². The van der Waals surface area contributed by atoms with Gasteiger partial charge >= 0.3 is 0 Å². The minimum Gasteiger partial charge on any atom is -0.398 e. The molecule has 1 atom stereocenters. The second-order valence-electron chi connectivity index (χ2n) is 4.67. The summed E-state index contributed by atoms with van der Waals surface area (Å²) in [6, 6.07) is 8.27. The Labute approximate surface area is 130 Å². The molecule has 0 bridgehead atoms. The third-order valence-corrected chi connectivity index (χ3v) is 4.40. The second-order valence-corrected chi connectivity index (χ2v) is 6.37. The van der Waals surface area contributed by atoms with Crippen LogP contribution in [0, 0.1) is 0 Å². The number of thiophene rings is 1. The van der Waals surface area contributed by atoms with Crippen molar-refractivity contribution in [2.75, 3.05) is 11.1 Å². The van der Waals surface area contributed by atoms with Crippen LogP contribution in [0.25, 0.3) is 10.9 Å². The molecule has 0 radical (unpaired) electrons. The molecule has 0 saturated carbocycles. The summed E-state index contributed by atoms with van der Waals surface area (Å²) in [5, 5.41) is 8.71. The van der Waals surface area contributed by atoms with Crippen LogP contribution in [0.2, 0.25) is 0 Å². The fourth-order valence-electron chi connectivity index (χ4n) is 2.17. The van der Waals surface area contributed by atoms with E-state index >= 15 is 0 Å². The highest BCUT2D eigenvalue weighted by atomic mass is 79.9. The van der Waals surface area contributed by atoms with Crippen molar-refractivity contribution in [1.82, 2.24) is 4.98 Å². The predicted octanol–water partition coefficient (Wildman–Crippen LogP) is 4.81. The number of hydrogen-bond acceptors (Lipinski definition) is 4. The maximum Gasteiger partial charge on any atom is 0.0954 e. The summed E-state index contributed by atoms with van der Waals surface area (Å²) in [7, 11) is 0. The van der Waals surface area contributed by atoms with Crippen LogP contribution < -0.4 is 11.1 Å². The molecule has 3 rings (SSSR count). The summed E-state index contributed by atoms with van der Waals surface area (Å²) in [6.07, 6.45) is 1.79. The minimum absolute atomic E-state index is 0.235. The van der Waals surface area contributed by atoms with E-state index in [1.54, 1.807) is 17.5 Å². The van der Waals surface area contributed by atoms with Crippen molar-refractivity contribution in [1.29, 1.82) is 0 Å². The van der Waals surface area contributed by atoms with Crippen molar-refractivity contribution >= 4 is 49.5 Å². The Morgan fingerprint density at radius 3 is 2.95 bits per heavy atom. The predicted molar refractivity (Wildman–Crippen MR) is 90.2 cm³/mol.